The smallest absolute Gasteiger partial charge is 0.408 e. The van der Waals surface area contributed by atoms with Gasteiger partial charge in [0.25, 0.3) is 5.91 Å². The summed E-state index contributed by atoms with van der Waals surface area (Å²) in [5.74, 6) is -1.37. The molecule has 1 aromatic carbocycles. The van der Waals surface area contributed by atoms with Crippen molar-refractivity contribution in [3.05, 3.63) is 24.3 Å². The molecule has 24 heavy (non-hydrogen) atoms. The van der Waals surface area contributed by atoms with Gasteiger partial charge < -0.3 is 19.9 Å². The molecule has 130 valence electrons. The highest BCUT2D eigenvalue weighted by Crippen LogP contribution is 2.30. The Labute approximate surface area is 139 Å². The summed E-state index contributed by atoms with van der Waals surface area (Å²) in [5.41, 5.74) is -0.374. The molecule has 0 unspecified atom stereocenters. The number of rotatable bonds is 3. The molecule has 1 atom stereocenters. The van der Waals surface area contributed by atoms with Crippen molar-refractivity contribution in [2.45, 2.75) is 32.4 Å². The van der Waals surface area contributed by atoms with Gasteiger partial charge in [0.1, 0.15) is 30.5 Å². The third-order valence-corrected chi connectivity index (χ3v) is 3.11. The molecule has 8 heteroatoms. The predicted molar refractivity (Wildman–Crippen MR) is 85.1 cm³/mol. The van der Waals surface area contributed by atoms with Crippen molar-refractivity contribution in [1.29, 1.82) is 0 Å². The van der Waals surface area contributed by atoms with E-state index in [2.05, 4.69) is 5.32 Å². The van der Waals surface area contributed by atoms with Gasteiger partial charge in [-0.1, -0.05) is 12.1 Å². The van der Waals surface area contributed by atoms with Crippen LogP contribution in [0.2, 0.25) is 0 Å². The largest absolute Gasteiger partial charge is 0.489 e. The van der Waals surface area contributed by atoms with Gasteiger partial charge >= 0.3 is 12.1 Å². The Hall–Kier alpha value is -2.77. The third kappa shape index (κ3) is 4.37. The summed E-state index contributed by atoms with van der Waals surface area (Å²) in [6.07, 6.45) is -0.773. The number of para-hydroxylation sites is 2. The van der Waals surface area contributed by atoms with E-state index in [0.29, 0.717) is 11.4 Å². The Morgan fingerprint density at radius 1 is 1.38 bits per heavy atom. The molecule has 0 aromatic heterocycles. The molecule has 1 aromatic rings. The maximum atomic E-state index is 12.7. The normalized spacial score (nSPS) is 17.4. The van der Waals surface area contributed by atoms with Crippen molar-refractivity contribution < 1.29 is 29.0 Å². The molecule has 0 fully saturated rings. The van der Waals surface area contributed by atoms with Crippen LogP contribution in [0.4, 0.5) is 10.5 Å². The van der Waals surface area contributed by atoms with E-state index in [4.69, 9.17) is 14.6 Å². The lowest BCUT2D eigenvalue weighted by atomic mass is 10.2. The van der Waals surface area contributed by atoms with Gasteiger partial charge in [-0.15, -0.1) is 0 Å². The number of aliphatic carboxylic acids is 1. The summed E-state index contributed by atoms with van der Waals surface area (Å²) in [7, 11) is 0. The van der Waals surface area contributed by atoms with Gasteiger partial charge in [-0.25, -0.2) is 4.79 Å². The Morgan fingerprint density at radius 2 is 2.04 bits per heavy atom. The number of fused-ring (bicyclic) bond motifs is 1. The SMILES string of the molecule is CC(C)(C)OC(=O)N[C@@H]1COc2ccccc2N(CC(=O)O)C1=O. The van der Waals surface area contributed by atoms with Crippen molar-refractivity contribution >= 4 is 23.7 Å². The van der Waals surface area contributed by atoms with E-state index >= 15 is 0 Å². The van der Waals surface area contributed by atoms with Crippen LogP contribution in [0.3, 0.4) is 0 Å². The lowest BCUT2D eigenvalue weighted by Crippen LogP contribution is -2.52. The monoisotopic (exact) mass is 336 g/mol. The number of hydrogen-bond acceptors (Lipinski definition) is 5. The first-order valence-corrected chi connectivity index (χ1v) is 7.42. The molecule has 2 rings (SSSR count). The van der Waals surface area contributed by atoms with Crippen molar-refractivity contribution in [3.63, 3.8) is 0 Å². The molecule has 0 aliphatic carbocycles. The number of ether oxygens (including phenoxy) is 2. The molecule has 0 saturated carbocycles. The number of alkyl carbamates (subject to hydrolysis) is 1. The summed E-state index contributed by atoms with van der Waals surface area (Å²) < 4.78 is 10.7. The highest BCUT2D eigenvalue weighted by molar-refractivity contribution is 6.03. The van der Waals surface area contributed by atoms with Crippen LogP contribution in [0.5, 0.6) is 5.75 Å². The second kappa shape index (κ2) is 6.77. The number of nitrogens with one attached hydrogen (secondary N) is 1. The van der Waals surface area contributed by atoms with Gasteiger partial charge in [0.2, 0.25) is 0 Å². The van der Waals surface area contributed by atoms with Crippen molar-refractivity contribution in [2.75, 3.05) is 18.1 Å². The zero-order valence-electron chi connectivity index (χ0n) is 13.7. The van der Waals surface area contributed by atoms with E-state index in [1.54, 1.807) is 45.0 Å². The number of carbonyl (C=O) groups is 3. The molecule has 0 radical (unpaired) electrons. The molecule has 0 saturated heterocycles. The molecule has 1 aliphatic heterocycles. The summed E-state index contributed by atoms with van der Waals surface area (Å²) in [6.45, 7) is 4.44. The Balaban J connectivity index is 2.23. The van der Waals surface area contributed by atoms with E-state index in [1.165, 1.54) is 0 Å². The number of benzene rings is 1. The van der Waals surface area contributed by atoms with Gasteiger partial charge in [0.15, 0.2) is 0 Å². The van der Waals surface area contributed by atoms with Crippen LogP contribution in [0.1, 0.15) is 20.8 Å². The molecule has 0 bridgehead atoms. The minimum absolute atomic E-state index is 0.120. The number of carboxylic acid groups (broad SMARTS) is 1. The van der Waals surface area contributed by atoms with Crippen LogP contribution in [0, 0.1) is 0 Å². The Kier molecular flexibility index (Phi) is 4.96. The van der Waals surface area contributed by atoms with Gasteiger partial charge in [-0.05, 0) is 32.9 Å². The second-order valence-electron chi connectivity index (χ2n) is 6.30. The number of hydrogen-bond donors (Lipinski definition) is 2. The Morgan fingerprint density at radius 3 is 2.67 bits per heavy atom. The standard InChI is InChI=1S/C16H20N2O6/c1-16(2,3)24-15(22)17-10-9-23-12-7-5-4-6-11(12)18(14(10)21)8-13(19)20/h4-7,10H,8-9H2,1-3H3,(H,17,22)(H,19,20)/t10-/m1/s1. The minimum Gasteiger partial charge on any atom is -0.489 e. The van der Waals surface area contributed by atoms with Crippen LogP contribution >= 0.6 is 0 Å². The van der Waals surface area contributed by atoms with Gasteiger partial charge in [-0.3, -0.25) is 14.5 Å². The van der Waals surface area contributed by atoms with Crippen molar-refractivity contribution in [1.82, 2.24) is 5.32 Å². The molecule has 2 amide bonds. The first-order chi connectivity index (χ1) is 11.2. The first-order valence-electron chi connectivity index (χ1n) is 7.42. The summed E-state index contributed by atoms with van der Waals surface area (Å²) in [5, 5.41) is 11.5. The maximum absolute atomic E-state index is 12.7. The van der Waals surface area contributed by atoms with Crippen LogP contribution in [0.25, 0.3) is 0 Å². The van der Waals surface area contributed by atoms with Crippen LogP contribution < -0.4 is 15.0 Å². The number of carbonyl (C=O) groups excluding carboxylic acids is 2. The number of amides is 2. The fourth-order valence-electron chi connectivity index (χ4n) is 2.21. The van der Waals surface area contributed by atoms with E-state index in [1.807, 2.05) is 0 Å². The van der Waals surface area contributed by atoms with E-state index in [9.17, 15) is 14.4 Å². The molecular weight excluding hydrogens is 316 g/mol. The Bertz CT molecular complexity index is 652. The fraction of sp³-hybridized carbons (Fsp3) is 0.438. The summed E-state index contributed by atoms with van der Waals surface area (Å²) in [6, 6.07) is 5.56. The predicted octanol–water partition coefficient (Wildman–Crippen LogP) is 1.39. The molecule has 8 nitrogen and oxygen atoms in total. The van der Waals surface area contributed by atoms with Crippen LogP contribution in [0.15, 0.2) is 24.3 Å². The van der Waals surface area contributed by atoms with Crippen molar-refractivity contribution in [2.24, 2.45) is 0 Å². The average Bonchev–Trinajstić information content (AvgIpc) is 2.57. The quantitative estimate of drug-likeness (QED) is 0.864. The highest BCUT2D eigenvalue weighted by Gasteiger charge is 2.34. The van der Waals surface area contributed by atoms with Crippen LogP contribution in [-0.4, -0.2) is 47.9 Å². The number of carboxylic acids is 1. The number of anilines is 1. The summed E-state index contributed by atoms with van der Waals surface area (Å²) >= 11 is 0. The molecular formula is C16H20N2O6. The summed E-state index contributed by atoms with van der Waals surface area (Å²) in [4.78, 5) is 36.7. The molecule has 2 N–H and O–H groups in total. The second-order valence-corrected chi connectivity index (χ2v) is 6.30. The fourth-order valence-corrected chi connectivity index (χ4v) is 2.21. The zero-order chi connectivity index (χ0) is 17.9. The lowest BCUT2D eigenvalue weighted by molar-refractivity contribution is -0.136. The highest BCUT2D eigenvalue weighted by atomic mass is 16.6. The van der Waals surface area contributed by atoms with Crippen LogP contribution in [-0.2, 0) is 14.3 Å². The number of nitrogens with zero attached hydrogens (tertiary/aromatic N) is 1. The minimum atomic E-state index is -1.17. The maximum Gasteiger partial charge on any atom is 0.408 e. The third-order valence-electron chi connectivity index (χ3n) is 3.11. The zero-order valence-corrected chi connectivity index (χ0v) is 13.7. The lowest BCUT2D eigenvalue weighted by Gasteiger charge is -2.25. The van der Waals surface area contributed by atoms with E-state index < -0.39 is 36.2 Å². The van der Waals surface area contributed by atoms with Gasteiger partial charge in [0, 0.05) is 0 Å². The van der Waals surface area contributed by atoms with Crippen molar-refractivity contribution in [3.8, 4) is 5.75 Å². The molecule has 1 heterocycles. The average molecular weight is 336 g/mol. The van der Waals surface area contributed by atoms with Gasteiger partial charge in [-0.2, -0.15) is 0 Å². The van der Waals surface area contributed by atoms with Gasteiger partial charge in [0.05, 0.1) is 5.69 Å². The topological polar surface area (TPSA) is 105 Å². The molecule has 1 aliphatic rings. The molecule has 0 spiro atoms. The first kappa shape index (κ1) is 17.6. The van der Waals surface area contributed by atoms with E-state index in [-0.39, 0.29) is 6.61 Å². The van der Waals surface area contributed by atoms with E-state index in [0.717, 1.165) is 4.90 Å².